The predicted octanol–water partition coefficient (Wildman–Crippen LogP) is 2.56. The average molecular weight is 319 g/mol. The number of hydrogen-bond donors (Lipinski definition) is 0. The third-order valence-corrected chi connectivity index (χ3v) is 3.84. The van der Waals surface area contributed by atoms with Crippen LogP contribution >= 0.6 is 39.2 Å². The highest BCUT2D eigenvalue weighted by Crippen LogP contribution is 2.29. The Kier molecular flexibility index (Phi) is 3.72. The van der Waals surface area contributed by atoms with Crippen LogP contribution < -0.4 is 4.74 Å². The summed E-state index contributed by atoms with van der Waals surface area (Å²) in [4.78, 5) is 12.6. The Hall–Kier alpha value is -0.730. The zero-order valence-corrected chi connectivity index (χ0v) is 11.7. The number of hydrogen-bond acceptors (Lipinski definition) is 7. The van der Waals surface area contributed by atoms with Gasteiger partial charge >= 0.3 is 0 Å². The van der Waals surface area contributed by atoms with E-state index >= 15 is 0 Å². The Morgan fingerprint density at radius 3 is 2.88 bits per heavy atom. The van der Waals surface area contributed by atoms with Gasteiger partial charge < -0.3 is 4.74 Å². The quantitative estimate of drug-likeness (QED) is 0.810. The number of rotatable bonds is 3. The molecular weight excluding hydrogens is 312 g/mol. The molecule has 2 aromatic heterocycles. The van der Waals surface area contributed by atoms with Crippen molar-refractivity contribution < 1.29 is 4.74 Å². The molecule has 0 spiro atoms. The van der Waals surface area contributed by atoms with Gasteiger partial charge in [0.25, 0.3) is 0 Å². The Morgan fingerprint density at radius 1 is 1.44 bits per heavy atom. The van der Waals surface area contributed by atoms with E-state index in [4.69, 9.17) is 4.74 Å². The second kappa shape index (κ2) is 5.07. The average Bonchev–Trinajstić information content (AvgIpc) is 2.67. The van der Waals surface area contributed by atoms with Crippen LogP contribution in [0.25, 0.3) is 0 Å². The lowest BCUT2D eigenvalue weighted by molar-refractivity contribution is 0.389. The van der Waals surface area contributed by atoms with Crippen molar-refractivity contribution in [2.75, 3.05) is 7.11 Å². The molecule has 0 N–H and O–H groups in total. The molecule has 0 radical (unpaired) electrons. The van der Waals surface area contributed by atoms with Crippen LogP contribution in [0.15, 0.2) is 20.2 Å². The van der Waals surface area contributed by atoms with E-state index in [1.54, 1.807) is 13.3 Å². The van der Waals surface area contributed by atoms with Gasteiger partial charge in [-0.1, -0.05) is 0 Å². The number of aryl methyl sites for hydroxylation is 1. The normalized spacial score (nSPS) is 10.4. The van der Waals surface area contributed by atoms with Crippen LogP contribution in [-0.4, -0.2) is 26.4 Å². The second-order valence-corrected chi connectivity index (χ2v) is 5.54. The zero-order chi connectivity index (χ0) is 11.5. The SMILES string of the molecule is COc1nc(Sc2nc(C)ns2)ncc1Br. The van der Waals surface area contributed by atoms with E-state index in [0.29, 0.717) is 11.0 Å². The first-order valence-corrected chi connectivity index (χ1v) is 6.62. The number of halogens is 1. The van der Waals surface area contributed by atoms with Gasteiger partial charge in [-0.05, 0) is 46.1 Å². The van der Waals surface area contributed by atoms with Crippen molar-refractivity contribution in [1.29, 1.82) is 0 Å². The van der Waals surface area contributed by atoms with Gasteiger partial charge in [0, 0.05) is 6.20 Å². The number of methoxy groups -OCH3 is 1. The lowest BCUT2D eigenvalue weighted by Crippen LogP contribution is -1.93. The van der Waals surface area contributed by atoms with Crippen molar-refractivity contribution in [1.82, 2.24) is 19.3 Å². The van der Waals surface area contributed by atoms with Gasteiger partial charge in [0.2, 0.25) is 5.88 Å². The van der Waals surface area contributed by atoms with E-state index < -0.39 is 0 Å². The molecule has 0 aliphatic rings. The maximum atomic E-state index is 5.08. The molecule has 2 aromatic rings. The first kappa shape index (κ1) is 11.7. The Bertz CT molecular complexity index is 505. The minimum absolute atomic E-state index is 0.513. The van der Waals surface area contributed by atoms with Crippen molar-refractivity contribution in [3.8, 4) is 5.88 Å². The second-order valence-electron chi connectivity index (χ2n) is 2.72. The van der Waals surface area contributed by atoms with Gasteiger partial charge in [0.15, 0.2) is 9.50 Å². The molecule has 2 rings (SSSR count). The predicted molar refractivity (Wildman–Crippen MR) is 65.1 cm³/mol. The maximum Gasteiger partial charge on any atom is 0.231 e. The molecule has 0 saturated carbocycles. The number of nitrogens with zero attached hydrogens (tertiary/aromatic N) is 4. The van der Waals surface area contributed by atoms with Gasteiger partial charge in [-0.25, -0.2) is 9.97 Å². The van der Waals surface area contributed by atoms with Crippen molar-refractivity contribution in [2.24, 2.45) is 0 Å². The van der Waals surface area contributed by atoms with Crippen molar-refractivity contribution in [3.05, 3.63) is 16.5 Å². The van der Waals surface area contributed by atoms with Crippen LogP contribution in [0, 0.1) is 6.92 Å². The van der Waals surface area contributed by atoms with Gasteiger partial charge in [0.1, 0.15) is 5.82 Å². The summed E-state index contributed by atoms with van der Waals surface area (Å²) < 4.78 is 10.7. The summed E-state index contributed by atoms with van der Waals surface area (Å²) in [7, 11) is 1.57. The first-order chi connectivity index (χ1) is 7.69. The van der Waals surface area contributed by atoms with Crippen molar-refractivity contribution in [2.45, 2.75) is 16.4 Å². The van der Waals surface area contributed by atoms with Crippen LogP contribution in [0.4, 0.5) is 0 Å². The fourth-order valence-electron chi connectivity index (χ4n) is 0.926. The molecule has 2 heterocycles. The molecule has 5 nitrogen and oxygen atoms in total. The van der Waals surface area contributed by atoms with Crippen molar-refractivity contribution in [3.63, 3.8) is 0 Å². The molecule has 16 heavy (non-hydrogen) atoms. The number of ether oxygens (including phenoxy) is 1. The third-order valence-electron chi connectivity index (χ3n) is 1.57. The summed E-state index contributed by atoms with van der Waals surface area (Å²) in [6.45, 7) is 1.85. The molecule has 0 atom stereocenters. The Morgan fingerprint density at radius 2 is 2.25 bits per heavy atom. The Balaban J connectivity index is 2.21. The molecule has 0 fully saturated rings. The molecular formula is C8H7BrN4OS2. The highest BCUT2D eigenvalue weighted by Gasteiger charge is 2.09. The van der Waals surface area contributed by atoms with E-state index in [-0.39, 0.29) is 0 Å². The standard InChI is InChI=1S/C8H7BrN4OS2/c1-4-11-8(16-13-4)15-7-10-3-5(9)6(12-7)14-2/h3H,1-2H3. The fourth-order valence-corrected chi connectivity index (χ4v) is 2.76. The Labute approximate surface area is 109 Å². The molecule has 0 aromatic carbocycles. The zero-order valence-electron chi connectivity index (χ0n) is 8.47. The van der Waals surface area contributed by atoms with E-state index in [9.17, 15) is 0 Å². The molecule has 0 saturated heterocycles. The molecule has 0 aliphatic carbocycles. The monoisotopic (exact) mass is 318 g/mol. The first-order valence-electron chi connectivity index (χ1n) is 4.23. The highest BCUT2D eigenvalue weighted by atomic mass is 79.9. The largest absolute Gasteiger partial charge is 0.480 e. The molecule has 0 unspecified atom stereocenters. The summed E-state index contributed by atoms with van der Waals surface area (Å²) in [5.74, 6) is 1.27. The van der Waals surface area contributed by atoms with Crippen LogP contribution in [0.2, 0.25) is 0 Å². The lowest BCUT2D eigenvalue weighted by atomic mass is 10.6. The van der Waals surface area contributed by atoms with E-state index in [0.717, 1.165) is 14.6 Å². The minimum atomic E-state index is 0.513. The lowest BCUT2D eigenvalue weighted by Gasteiger charge is -2.02. The smallest absolute Gasteiger partial charge is 0.231 e. The van der Waals surface area contributed by atoms with Crippen LogP contribution in [0.1, 0.15) is 5.82 Å². The molecule has 8 heteroatoms. The summed E-state index contributed by atoms with van der Waals surface area (Å²) in [5, 5.41) is 0.594. The van der Waals surface area contributed by atoms with E-state index in [2.05, 4.69) is 35.3 Å². The highest BCUT2D eigenvalue weighted by molar-refractivity contribution is 9.10. The topological polar surface area (TPSA) is 60.8 Å². The van der Waals surface area contributed by atoms with Gasteiger partial charge in [-0.3, -0.25) is 0 Å². The van der Waals surface area contributed by atoms with Gasteiger partial charge in [-0.2, -0.15) is 9.36 Å². The van der Waals surface area contributed by atoms with Crippen LogP contribution in [-0.2, 0) is 0 Å². The fraction of sp³-hybridized carbons (Fsp3) is 0.250. The summed E-state index contributed by atoms with van der Waals surface area (Å²) in [6, 6.07) is 0. The maximum absolute atomic E-state index is 5.08. The third kappa shape index (κ3) is 2.69. The van der Waals surface area contributed by atoms with Gasteiger partial charge in [-0.15, -0.1) is 0 Å². The molecule has 0 bridgehead atoms. The van der Waals surface area contributed by atoms with E-state index in [1.807, 2.05) is 6.92 Å². The van der Waals surface area contributed by atoms with Crippen LogP contribution in [0.3, 0.4) is 0 Å². The van der Waals surface area contributed by atoms with Gasteiger partial charge in [0.05, 0.1) is 11.6 Å². The molecule has 0 amide bonds. The summed E-state index contributed by atoms with van der Waals surface area (Å²) in [6.07, 6.45) is 1.65. The van der Waals surface area contributed by atoms with Crippen molar-refractivity contribution >= 4 is 39.2 Å². The number of aromatic nitrogens is 4. The van der Waals surface area contributed by atoms with E-state index in [1.165, 1.54) is 23.3 Å². The summed E-state index contributed by atoms with van der Waals surface area (Å²) >= 11 is 6.00. The minimum Gasteiger partial charge on any atom is -0.480 e. The molecule has 84 valence electrons. The molecule has 0 aliphatic heterocycles. The van der Waals surface area contributed by atoms with Crippen LogP contribution in [0.5, 0.6) is 5.88 Å². The summed E-state index contributed by atoms with van der Waals surface area (Å²) in [5.41, 5.74) is 0.